The molecule has 2 N–H and O–H groups in total. The van der Waals surface area contributed by atoms with Gasteiger partial charge in [0.15, 0.2) is 0 Å². The first-order chi connectivity index (χ1) is 10.2. The number of hydrogen-bond donors (Lipinski definition) is 2. The Morgan fingerprint density at radius 2 is 2.00 bits per heavy atom. The molecule has 0 spiro atoms. The lowest BCUT2D eigenvalue weighted by molar-refractivity contribution is -0.131. The average molecular weight is 286 g/mol. The van der Waals surface area contributed by atoms with Crippen LogP contribution in [0.4, 0.5) is 0 Å². The second kappa shape index (κ2) is 7.62. The lowest BCUT2D eigenvalue weighted by Crippen LogP contribution is -2.46. The Morgan fingerprint density at radius 3 is 2.67 bits per heavy atom. The Balaban J connectivity index is 1.76. The third-order valence-electron chi connectivity index (χ3n) is 3.70. The molecule has 1 aromatic carbocycles. The van der Waals surface area contributed by atoms with Gasteiger partial charge in [0, 0.05) is 12.5 Å². The van der Waals surface area contributed by atoms with Crippen molar-refractivity contribution in [3.63, 3.8) is 0 Å². The van der Waals surface area contributed by atoms with Gasteiger partial charge in [0.05, 0.1) is 0 Å². The first-order valence-electron chi connectivity index (χ1n) is 7.44. The molecule has 0 radical (unpaired) electrons. The Bertz CT molecular complexity index is 511. The number of amides is 2. The van der Waals surface area contributed by atoms with Crippen molar-refractivity contribution in [3.8, 4) is 0 Å². The second-order valence-corrected chi connectivity index (χ2v) is 5.42. The van der Waals surface area contributed by atoms with Gasteiger partial charge in [-0.2, -0.15) is 0 Å². The molecule has 0 bridgehead atoms. The van der Waals surface area contributed by atoms with E-state index in [9.17, 15) is 9.59 Å². The van der Waals surface area contributed by atoms with E-state index in [4.69, 9.17) is 0 Å². The molecule has 0 aliphatic heterocycles. The van der Waals surface area contributed by atoms with Gasteiger partial charge in [-0.05, 0) is 31.7 Å². The van der Waals surface area contributed by atoms with E-state index in [1.165, 1.54) is 0 Å². The second-order valence-electron chi connectivity index (χ2n) is 5.42. The number of rotatable bonds is 5. The van der Waals surface area contributed by atoms with Crippen molar-refractivity contribution < 1.29 is 9.59 Å². The standard InChI is InChI=1S/C17H22N2O2/c1-13(19-17(21)15-10-6-3-7-11-15)16(20)18-12-14-8-4-2-5-9-14/h2-6,8-9,13,15H,7,10-12H2,1H3,(H,18,20)(H,19,21)/t13-,15-/m1/s1. The predicted molar refractivity (Wildman–Crippen MR) is 82.4 cm³/mol. The molecule has 112 valence electrons. The van der Waals surface area contributed by atoms with Crippen LogP contribution < -0.4 is 10.6 Å². The van der Waals surface area contributed by atoms with Gasteiger partial charge in [-0.15, -0.1) is 0 Å². The van der Waals surface area contributed by atoms with E-state index in [0.29, 0.717) is 6.54 Å². The highest BCUT2D eigenvalue weighted by molar-refractivity contribution is 5.88. The zero-order valence-electron chi connectivity index (χ0n) is 12.3. The minimum Gasteiger partial charge on any atom is -0.350 e. The summed E-state index contributed by atoms with van der Waals surface area (Å²) in [5.74, 6) is -0.181. The van der Waals surface area contributed by atoms with Crippen LogP contribution in [0.25, 0.3) is 0 Å². The minimum atomic E-state index is -0.507. The first-order valence-corrected chi connectivity index (χ1v) is 7.44. The van der Waals surface area contributed by atoms with E-state index in [1.54, 1.807) is 6.92 Å². The van der Waals surface area contributed by atoms with Crippen molar-refractivity contribution in [1.82, 2.24) is 10.6 Å². The maximum absolute atomic E-state index is 12.1. The van der Waals surface area contributed by atoms with E-state index in [-0.39, 0.29) is 17.7 Å². The SMILES string of the molecule is C[C@@H](NC(=O)[C@@H]1CC=CCC1)C(=O)NCc1ccccc1. The molecule has 0 aromatic heterocycles. The molecule has 1 aliphatic rings. The topological polar surface area (TPSA) is 58.2 Å². The van der Waals surface area contributed by atoms with Crippen molar-refractivity contribution in [2.24, 2.45) is 5.92 Å². The van der Waals surface area contributed by atoms with Crippen molar-refractivity contribution in [2.75, 3.05) is 0 Å². The summed E-state index contributed by atoms with van der Waals surface area (Å²) < 4.78 is 0. The molecular weight excluding hydrogens is 264 g/mol. The van der Waals surface area contributed by atoms with Crippen LogP contribution in [-0.4, -0.2) is 17.9 Å². The van der Waals surface area contributed by atoms with Crippen LogP contribution in [0.3, 0.4) is 0 Å². The summed E-state index contributed by atoms with van der Waals surface area (Å²) in [6.45, 7) is 2.20. The summed E-state index contributed by atoms with van der Waals surface area (Å²) >= 11 is 0. The van der Waals surface area contributed by atoms with Gasteiger partial charge < -0.3 is 10.6 Å². The molecule has 0 unspecified atom stereocenters. The van der Waals surface area contributed by atoms with Crippen molar-refractivity contribution in [3.05, 3.63) is 48.0 Å². The number of carbonyl (C=O) groups is 2. The summed E-state index contributed by atoms with van der Waals surface area (Å²) in [5, 5.41) is 5.64. The fourth-order valence-electron chi connectivity index (χ4n) is 2.37. The smallest absolute Gasteiger partial charge is 0.242 e. The lowest BCUT2D eigenvalue weighted by Gasteiger charge is -2.20. The highest BCUT2D eigenvalue weighted by atomic mass is 16.2. The van der Waals surface area contributed by atoms with E-state index in [0.717, 1.165) is 24.8 Å². The van der Waals surface area contributed by atoms with Crippen molar-refractivity contribution >= 4 is 11.8 Å². The van der Waals surface area contributed by atoms with E-state index < -0.39 is 6.04 Å². The first kappa shape index (κ1) is 15.3. The maximum atomic E-state index is 12.1. The molecule has 0 fully saturated rings. The number of nitrogens with one attached hydrogen (secondary N) is 2. The van der Waals surface area contributed by atoms with Gasteiger partial charge in [0.25, 0.3) is 0 Å². The van der Waals surface area contributed by atoms with Gasteiger partial charge in [-0.25, -0.2) is 0 Å². The van der Waals surface area contributed by atoms with Crippen LogP contribution in [0, 0.1) is 5.92 Å². The quantitative estimate of drug-likeness (QED) is 0.815. The van der Waals surface area contributed by atoms with Crippen LogP contribution in [-0.2, 0) is 16.1 Å². The summed E-state index contributed by atoms with van der Waals surface area (Å²) in [5.41, 5.74) is 1.04. The van der Waals surface area contributed by atoms with E-state index in [2.05, 4.69) is 16.7 Å². The molecule has 2 rings (SSSR count). The number of carbonyl (C=O) groups excluding carboxylic acids is 2. The zero-order valence-corrected chi connectivity index (χ0v) is 12.3. The third kappa shape index (κ3) is 4.74. The largest absolute Gasteiger partial charge is 0.350 e. The van der Waals surface area contributed by atoms with Crippen molar-refractivity contribution in [2.45, 2.75) is 38.8 Å². The predicted octanol–water partition coefficient (Wildman–Crippen LogP) is 2.16. The summed E-state index contributed by atoms with van der Waals surface area (Å²) in [6.07, 6.45) is 6.70. The number of allylic oxidation sites excluding steroid dienone is 2. The van der Waals surface area contributed by atoms with Crippen LogP contribution in [0.5, 0.6) is 0 Å². The number of benzene rings is 1. The normalized spacial score (nSPS) is 18.8. The van der Waals surface area contributed by atoms with Crippen LogP contribution in [0.15, 0.2) is 42.5 Å². The molecular formula is C17H22N2O2. The Labute approximate surface area is 125 Å². The Hall–Kier alpha value is -2.10. The van der Waals surface area contributed by atoms with Crippen LogP contribution >= 0.6 is 0 Å². The third-order valence-corrected chi connectivity index (χ3v) is 3.70. The molecule has 1 aliphatic carbocycles. The number of hydrogen-bond acceptors (Lipinski definition) is 2. The summed E-state index contributed by atoms with van der Waals surface area (Å²) in [7, 11) is 0. The van der Waals surface area contributed by atoms with E-state index >= 15 is 0 Å². The van der Waals surface area contributed by atoms with Gasteiger partial charge in [-0.3, -0.25) is 9.59 Å². The maximum Gasteiger partial charge on any atom is 0.242 e. The molecule has 0 saturated heterocycles. The van der Waals surface area contributed by atoms with Gasteiger partial charge in [0.2, 0.25) is 11.8 Å². The minimum absolute atomic E-state index is 0.000580. The molecule has 1 aromatic rings. The molecule has 2 amide bonds. The average Bonchev–Trinajstić information content (AvgIpc) is 2.54. The monoisotopic (exact) mass is 286 g/mol. The highest BCUT2D eigenvalue weighted by Crippen LogP contribution is 2.18. The summed E-state index contributed by atoms with van der Waals surface area (Å²) in [6, 6.07) is 9.21. The zero-order chi connectivity index (χ0) is 15.1. The van der Waals surface area contributed by atoms with Gasteiger partial charge in [0.1, 0.15) is 6.04 Å². The van der Waals surface area contributed by atoms with Gasteiger partial charge in [-0.1, -0.05) is 42.5 Å². The molecule has 21 heavy (non-hydrogen) atoms. The molecule has 2 atom stereocenters. The lowest BCUT2D eigenvalue weighted by atomic mass is 9.93. The van der Waals surface area contributed by atoms with E-state index in [1.807, 2.05) is 36.4 Å². The molecule has 4 heteroatoms. The molecule has 0 saturated carbocycles. The fourth-order valence-corrected chi connectivity index (χ4v) is 2.37. The molecule has 0 heterocycles. The highest BCUT2D eigenvalue weighted by Gasteiger charge is 2.22. The fraction of sp³-hybridized carbons (Fsp3) is 0.412. The Kier molecular flexibility index (Phi) is 5.55. The Morgan fingerprint density at radius 1 is 1.24 bits per heavy atom. The van der Waals surface area contributed by atoms with Crippen molar-refractivity contribution in [1.29, 1.82) is 0 Å². The molecule has 4 nitrogen and oxygen atoms in total. The summed E-state index contributed by atoms with van der Waals surface area (Å²) in [4.78, 5) is 24.1. The van der Waals surface area contributed by atoms with Crippen LogP contribution in [0.1, 0.15) is 31.7 Å². The van der Waals surface area contributed by atoms with Gasteiger partial charge >= 0.3 is 0 Å². The van der Waals surface area contributed by atoms with Crippen LogP contribution in [0.2, 0.25) is 0 Å².